The third kappa shape index (κ3) is 3.72. The molecule has 0 saturated carbocycles. The molecule has 0 fully saturated rings. The van der Waals surface area contributed by atoms with Gasteiger partial charge >= 0.3 is 0 Å². The summed E-state index contributed by atoms with van der Waals surface area (Å²) in [6.45, 7) is 1.96. The number of nitrogens with two attached hydrogens (primary N) is 1. The van der Waals surface area contributed by atoms with Crippen molar-refractivity contribution in [2.75, 3.05) is 5.32 Å². The van der Waals surface area contributed by atoms with Crippen molar-refractivity contribution in [3.05, 3.63) is 83.0 Å². The van der Waals surface area contributed by atoms with Gasteiger partial charge in [-0.15, -0.1) is 0 Å². The number of hydrogen-bond donors (Lipinski definition) is 2. The molecule has 4 aromatic rings. The van der Waals surface area contributed by atoms with Crippen LogP contribution < -0.4 is 11.1 Å². The van der Waals surface area contributed by atoms with Gasteiger partial charge in [0.1, 0.15) is 11.5 Å². The minimum Gasteiger partial charge on any atom is -0.364 e. The number of nitrogens with one attached hydrogen (secondary N) is 1. The quantitative estimate of drug-likeness (QED) is 0.500. The van der Waals surface area contributed by atoms with Gasteiger partial charge in [0.25, 0.3) is 5.91 Å². The smallest absolute Gasteiger partial charge is 0.271 e. The van der Waals surface area contributed by atoms with Gasteiger partial charge in [0.2, 0.25) is 0 Å². The van der Waals surface area contributed by atoms with E-state index in [1.54, 1.807) is 6.20 Å². The number of amides is 1. The fraction of sp³-hybridized carbons (Fsp3) is 0.0476. The molecule has 0 atom stereocenters. The Kier molecular flexibility index (Phi) is 5.16. The Balaban J connectivity index is 1.67. The van der Waals surface area contributed by atoms with E-state index in [2.05, 4.69) is 20.6 Å². The first kappa shape index (κ1) is 19.5. The minimum absolute atomic E-state index is 0.0307. The van der Waals surface area contributed by atoms with Crippen LogP contribution in [0.3, 0.4) is 0 Å². The number of carbonyl (C=O) groups excluding carboxylic acids is 1. The summed E-state index contributed by atoms with van der Waals surface area (Å²) < 4.78 is 15.4. The van der Waals surface area contributed by atoms with Crippen LogP contribution in [0.2, 0.25) is 5.02 Å². The summed E-state index contributed by atoms with van der Waals surface area (Å²) in [5.41, 5.74) is 9.14. The van der Waals surface area contributed by atoms with E-state index < -0.39 is 11.7 Å². The van der Waals surface area contributed by atoms with Crippen molar-refractivity contribution in [1.29, 1.82) is 0 Å². The van der Waals surface area contributed by atoms with E-state index in [-0.39, 0.29) is 16.4 Å². The van der Waals surface area contributed by atoms with Gasteiger partial charge in [0.05, 0.1) is 22.6 Å². The maximum Gasteiger partial charge on any atom is 0.271 e. The molecular formula is C21H16ClFN6O. The van der Waals surface area contributed by atoms with Crippen LogP contribution >= 0.6 is 11.6 Å². The summed E-state index contributed by atoms with van der Waals surface area (Å²) in [5, 5.41) is 15.4. The number of aryl methyl sites for hydroxylation is 1. The molecular weight excluding hydrogens is 407 g/mol. The van der Waals surface area contributed by atoms with E-state index in [0.717, 1.165) is 16.8 Å². The number of carbonyl (C=O) groups is 1. The number of nitrogens with zero attached hydrogens (tertiary/aromatic N) is 4. The van der Waals surface area contributed by atoms with Crippen molar-refractivity contribution in [1.82, 2.24) is 20.0 Å². The maximum atomic E-state index is 14.3. The molecule has 0 saturated heterocycles. The fourth-order valence-corrected chi connectivity index (χ4v) is 3.27. The highest BCUT2D eigenvalue weighted by Gasteiger charge is 2.18. The van der Waals surface area contributed by atoms with Gasteiger partial charge in [0.15, 0.2) is 5.69 Å². The molecule has 0 unspecified atom stereocenters. The first-order chi connectivity index (χ1) is 14.4. The van der Waals surface area contributed by atoms with Crippen molar-refractivity contribution in [3.8, 4) is 16.9 Å². The monoisotopic (exact) mass is 422 g/mol. The molecule has 0 aliphatic heterocycles. The fourth-order valence-electron chi connectivity index (χ4n) is 3.02. The van der Waals surface area contributed by atoms with Gasteiger partial charge in [-0.3, -0.25) is 4.79 Å². The number of primary amides is 1. The second-order valence-corrected chi connectivity index (χ2v) is 6.94. The molecule has 4 rings (SSSR count). The van der Waals surface area contributed by atoms with Crippen molar-refractivity contribution in [3.63, 3.8) is 0 Å². The molecule has 0 bridgehead atoms. The molecule has 0 aliphatic carbocycles. The number of rotatable bonds is 5. The second-order valence-electron chi connectivity index (χ2n) is 6.54. The molecule has 7 nitrogen and oxygen atoms in total. The minimum atomic E-state index is -0.754. The normalized spacial score (nSPS) is 10.8. The zero-order valence-corrected chi connectivity index (χ0v) is 16.6. The van der Waals surface area contributed by atoms with Crippen LogP contribution in [0.4, 0.5) is 15.8 Å². The van der Waals surface area contributed by atoms with Crippen LogP contribution in [0.5, 0.6) is 0 Å². The lowest BCUT2D eigenvalue weighted by molar-refractivity contribution is 0.0996. The van der Waals surface area contributed by atoms with Gasteiger partial charge in [-0.2, -0.15) is 15.3 Å². The van der Waals surface area contributed by atoms with Crippen molar-refractivity contribution in [2.24, 2.45) is 5.73 Å². The SMILES string of the molecule is Cc1ccnnc1-c1ccc(Nc2cn(-c3c(F)cccc3Cl)nc2C(N)=O)cc1. The standard InChI is InChI=1S/C21H16ClFN6O/c1-12-9-10-25-27-18(12)13-5-7-14(8-6-13)26-17-11-29(28-19(17)21(24)30)20-15(22)3-2-4-16(20)23/h2-11,26H,1H3,(H2,24,30). The number of halogens is 2. The Morgan fingerprint density at radius 1 is 1.17 bits per heavy atom. The van der Waals surface area contributed by atoms with E-state index in [1.807, 2.05) is 37.3 Å². The highest BCUT2D eigenvalue weighted by molar-refractivity contribution is 6.32. The van der Waals surface area contributed by atoms with Crippen LogP contribution in [0.25, 0.3) is 16.9 Å². The van der Waals surface area contributed by atoms with Crippen molar-refractivity contribution in [2.45, 2.75) is 6.92 Å². The van der Waals surface area contributed by atoms with Gasteiger partial charge in [-0.05, 0) is 42.8 Å². The van der Waals surface area contributed by atoms with Gasteiger partial charge in [-0.1, -0.05) is 29.8 Å². The molecule has 0 radical (unpaired) electrons. The van der Waals surface area contributed by atoms with E-state index in [9.17, 15) is 9.18 Å². The lowest BCUT2D eigenvalue weighted by atomic mass is 10.1. The van der Waals surface area contributed by atoms with E-state index in [1.165, 1.54) is 29.1 Å². The highest BCUT2D eigenvalue weighted by atomic mass is 35.5. The Bertz CT molecular complexity index is 1220. The number of anilines is 2. The van der Waals surface area contributed by atoms with Crippen LogP contribution in [0, 0.1) is 12.7 Å². The summed E-state index contributed by atoms with van der Waals surface area (Å²) in [6, 6.07) is 13.6. The molecule has 0 spiro atoms. The lowest BCUT2D eigenvalue weighted by Gasteiger charge is -2.07. The Labute approximate surface area is 176 Å². The zero-order chi connectivity index (χ0) is 21.3. The highest BCUT2D eigenvalue weighted by Crippen LogP contribution is 2.28. The third-order valence-corrected chi connectivity index (χ3v) is 4.78. The molecule has 30 heavy (non-hydrogen) atoms. The molecule has 2 aromatic heterocycles. The molecule has 2 aromatic carbocycles. The number of aromatic nitrogens is 4. The number of hydrogen-bond acceptors (Lipinski definition) is 5. The Morgan fingerprint density at radius 3 is 2.60 bits per heavy atom. The van der Waals surface area contributed by atoms with Gasteiger partial charge in [-0.25, -0.2) is 9.07 Å². The molecule has 150 valence electrons. The van der Waals surface area contributed by atoms with E-state index in [4.69, 9.17) is 17.3 Å². The summed E-state index contributed by atoms with van der Waals surface area (Å²) in [4.78, 5) is 11.9. The summed E-state index contributed by atoms with van der Waals surface area (Å²) >= 11 is 6.11. The largest absolute Gasteiger partial charge is 0.364 e. The van der Waals surface area contributed by atoms with Gasteiger partial charge in [0, 0.05) is 17.4 Å². The van der Waals surface area contributed by atoms with Crippen molar-refractivity contribution < 1.29 is 9.18 Å². The van der Waals surface area contributed by atoms with Gasteiger partial charge < -0.3 is 11.1 Å². The summed E-state index contributed by atoms with van der Waals surface area (Å²) in [7, 11) is 0. The molecule has 0 aliphatic rings. The molecule has 2 heterocycles. The topological polar surface area (TPSA) is 98.7 Å². The first-order valence-electron chi connectivity index (χ1n) is 8.93. The predicted molar refractivity (Wildman–Crippen MR) is 113 cm³/mol. The Hall–Kier alpha value is -3.78. The van der Waals surface area contributed by atoms with Crippen molar-refractivity contribution >= 4 is 28.9 Å². The van der Waals surface area contributed by atoms with Crippen LogP contribution in [-0.4, -0.2) is 25.9 Å². The summed E-state index contributed by atoms with van der Waals surface area (Å²) in [6.07, 6.45) is 3.10. The molecule has 9 heteroatoms. The van der Waals surface area contributed by atoms with Crippen LogP contribution in [0.15, 0.2) is 60.9 Å². The molecule has 1 amide bonds. The average molecular weight is 423 g/mol. The first-order valence-corrected chi connectivity index (χ1v) is 9.31. The maximum absolute atomic E-state index is 14.3. The van der Waals surface area contributed by atoms with Crippen LogP contribution in [-0.2, 0) is 0 Å². The van der Waals surface area contributed by atoms with E-state index >= 15 is 0 Å². The Morgan fingerprint density at radius 2 is 1.93 bits per heavy atom. The average Bonchev–Trinajstić information content (AvgIpc) is 3.12. The molecule has 3 N–H and O–H groups in total. The predicted octanol–water partition coefficient (Wildman–Crippen LogP) is 4.27. The number of benzene rings is 2. The number of para-hydroxylation sites is 1. The third-order valence-electron chi connectivity index (χ3n) is 4.47. The van der Waals surface area contributed by atoms with E-state index in [0.29, 0.717) is 11.4 Å². The summed E-state index contributed by atoms with van der Waals surface area (Å²) in [5.74, 6) is -1.33. The zero-order valence-electron chi connectivity index (χ0n) is 15.8. The van der Waals surface area contributed by atoms with Crippen LogP contribution in [0.1, 0.15) is 16.1 Å². The second kappa shape index (κ2) is 7.92. The lowest BCUT2D eigenvalue weighted by Crippen LogP contribution is -2.14.